The van der Waals surface area contributed by atoms with Crippen molar-refractivity contribution in [3.63, 3.8) is 0 Å². The van der Waals surface area contributed by atoms with Crippen molar-refractivity contribution in [1.29, 1.82) is 0 Å². The molecule has 2 rings (SSSR count). The van der Waals surface area contributed by atoms with Gasteiger partial charge in [0.25, 0.3) is 0 Å². The van der Waals surface area contributed by atoms with Crippen molar-refractivity contribution in [3.8, 4) is 11.5 Å². The van der Waals surface area contributed by atoms with Crippen molar-refractivity contribution in [2.75, 3.05) is 0 Å². The van der Waals surface area contributed by atoms with Gasteiger partial charge in [-0.25, -0.2) is 0 Å². The topological polar surface area (TPSA) is 51.0 Å². The minimum absolute atomic E-state index is 0.452. The smallest absolute Gasteiger partial charge is 0.246 e. The normalized spacial score (nSPS) is 17.3. The highest BCUT2D eigenvalue weighted by atomic mass is 35.5. The van der Waals surface area contributed by atoms with Crippen LogP contribution < -0.4 is 9.47 Å². The van der Waals surface area contributed by atoms with E-state index in [9.17, 15) is 0 Å². The second kappa shape index (κ2) is 3.31. The van der Waals surface area contributed by atoms with Gasteiger partial charge in [0.15, 0.2) is 11.5 Å². The summed E-state index contributed by atoms with van der Waals surface area (Å²) in [6.07, 6.45) is 1.25. The monoisotopic (exact) mass is 227 g/mol. The number of hydrogen-bond donors (Lipinski definition) is 1. The summed E-state index contributed by atoms with van der Waals surface area (Å²) >= 11 is 5.94. The predicted molar refractivity (Wildman–Crippen MR) is 56.2 cm³/mol. The van der Waals surface area contributed by atoms with Gasteiger partial charge in [0, 0.05) is 25.5 Å². The van der Waals surface area contributed by atoms with Crippen LogP contribution in [-0.2, 0) is 0 Å². The highest BCUT2D eigenvalue weighted by Crippen LogP contribution is 2.41. The molecule has 0 spiro atoms. The minimum atomic E-state index is -0.680. The molecule has 0 amide bonds. The number of hydrogen-bond acceptors (Lipinski definition) is 4. The molecule has 0 aliphatic carbocycles. The van der Waals surface area contributed by atoms with Crippen LogP contribution in [0.25, 0.3) is 0 Å². The first-order valence-corrected chi connectivity index (χ1v) is 4.79. The van der Waals surface area contributed by atoms with Gasteiger partial charge in [-0.3, -0.25) is 0 Å². The maximum atomic E-state index is 8.43. The molecule has 80 valence electrons. The summed E-state index contributed by atoms with van der Waals surface area (Å²) < 4.78 is 11.0. The van der Waals surface area contributed by atoms with E-state index in [0.29, 0.717) is 22.1 Å². The molecule has 1 heterocycles. The Morgan fingerprint density at radius 3 is 2.53 bits per heavy atom. The molecular weight excluding hydrogens is 218 g/mol. The molecule has 0 bridgehead atoms. The Balaban J connectivity index is 2.45. The molecule has 1 aliphatic rings. The van der Waals surface area contributed by atoms with Gasteiger partial charge in [-0.2, -0.15) is 0 Å². The van der Waals surface area contributed by atoms with Crippen LogP contribution in [0.1, 0.15) is 19.4 Å². The molecule has 5 heteroatoms. The van der Waals surface area contributed by atoms with Crippen LogP contribution in [0.5, 0.6) is 11.5 Å². The fraction of sp³-hybridized carbons (Fsp3) is 0.300. The van der Waals surface area contributed by atoms with E-state index in [-0.39, 0.29) is 0 Å². The Morgan fingerprint density at radius 1 is 1.33 bits per heavy atom. The number of rotatable bonds is 1. The van der Waals surface area contributed by atoms with Crippen LogP contribution >= 0.6 is 11.6 Å². The van der Waals surface area contributed by atoms with E-state index < -0.39 is 5.79 Å². The first-order valence-electron chi connectivity index (χ1n) is 4.41. The molecular formula is C10H10ClNO3. The number of nitrogens with zero attached hydrogens (tertiary/aromatic N) is 1. The third-order valence-electron chi connectivity index (χ3n) is 1.97. The van der Waals surface area contributed by atoms with Crippen LogP contribution in [0, 0.1) is 0 Å². The van der Waals surface area contributed by atoms with Gasteiger partial charge in [0.05, 0.1) is 11.2 Å². The fourth-order valence-corrected chi connectivity index (χ4v) is 1.62. The highest BCUT2D eigenvalue weighted by molar-refractivity contribution is 6.33. The number of benzene rings is 1. The van der Waals surface area contributed by atoms with E-state index in [4.69, 9.17) is 26.3 Å². The minimum Gasteiger partial charge on any atom is -0.449 e. The molecule has 4 nitrogen and oxygen atoms in total. The summed E-state index contributed by atoms with van der Waals surface area (Å²) in [6.45, 7) is 3.61. The Morgan fingerprint density at radius 2 is 1.93 bits per heavy atom. The second-order valence-corrected chi connectivity index (χ2v) is 4.08. The van der Waals surface area contributed by atoms with Crippen molar-refractivity contribution in [2.45, 2.75) is 19.6 Å². The van der Waals surface area contributed by atoms with Crippen LogP contribution in [0.15, 0.2) is 17.3 Å². The lowest BCUT2D eigenvalue weighted by atomic mass is 10.2. The molecule has 0 atom stereocenters. The van der Waals surface area contributed by atoms with Gasteiger partial charge < -0.3 is 14.7 Å². The number of oxime groups is 1. The van der Waals surface area contributed by atoms with Gasteiger partial charge in [-0.05, 0) is 6.07 Å². The molecule has 0 unspecified atom stereocenters. The predicted octanol–water partition coefficient (Wildman–Crippen LogP) is 2.66. The van der Waals surface area contributed by atoms with Gasteiger partial charge in [-0.1, -0.05) is 16.8 Å². The first-order chi connectivity index (χ1) is 7.02. The van der Waals surface area contributed by atoms with Crippen molar-refractivity contribution in [2.24, 2.45) is 5.16 Å². The molecule has 0 saturated heterocycles. The molecule has 1 aromatic rings. The van der Waals surface area contributed by atoms with Gasteiger partial charge in [0.2, 0.25) is 5.79 Å². The van der Waals surface area contributed by atoms with E-state index >= 15 is 0 Å². The Kier molecular flexibility index (Phi) is 2.23. The van der Waals surface area contributed by atoms with E-state index in [1.165, 1.54) is 6.21 Å². The largest absolute Gasteiger partial charge is 0.449 e. The number of halogens is 1. The van der Waals surface area contributed by atoms with Crippen molar-refractivity contribution >= 4 is 17.8 Å². The maximum absolute atomic E-state index is 8.43. The van der Waals surface area contributed by atoms with Gasteiger partial charge >= 0.3 is 0 Å². The molecule has 1 aromatic carbocycles. The first kappa shape index (κ1) is 10.1. The van der Waals surface area contributed by atoms with E-state index in [1.54, 1.807) is 26.0 Å². The number of ether oxygens (including phenoxy) is 2. The van der Waals surface area contributed by atoms with E-state index in [2.05, 4.69) is 5.16 Å². The zero-order valence-electron chi connectivity index (χ0n) is 8.32. The summed E-state index contributed by atoms with van der Waals surface area (Å²) in [7, 11) is 0. The average Bonchev–Trinajstić information content (AvgIpc) is 2.39. The Labute approximate surface area is 92.1 Å². The molecule has 0 aromatic heterocycles. The van der Waals surface area contributed by atoms with Crippen molar-refractivity contribution in [1.82, 2.24) is 0 Å². The molecule has 15 heavy (non-hydrogen) atoms. The van der Waals surface area contributed by atoms with Gasteiger partial charge in [0.1, 0.15) is 0 Å². The van der Waals surface area contributed by atoms with Gasteiger partial charge in [-0.15, -0.1) is 0 Å². The lowest BCUT2D eigenvalue weighted by Crippen LogP contribution is -2.29. The third-order valence-corrected chi connectivity index (χ3v) is 2.30. The standard InChI is InChI=1S/C10H10ClNO3/c1-10(2)14-8-3-6(5-12-13)7(11)4-9(8)15-10/h3-5,13H,1-2H3. The van der Waals surface area contributed by atoms with Crippen LogP contribution in [0.3, 0.4) is 0 Å². The van der Waals surface area contributed by atoms with E-state index in [1.807, 2.05) is 0 Å². The summed E-state index contributed by atoms with van der Waals surface area (Å²) in [6, 6.07) is 3.31. The zero-order chi connectivity index (χ0) is 11.1. The average molecular weight is 228 g/mol. The summed E-state index contributed by atoms with van der Waals surface area (Å²) in [5.41, 5.74) is 0.583. The quantitative estimate of drug-likeness (QED) is 0.456. The maximum Gasteiger partial charge on any atom is 0.246 e. The summed E-state index contributed by atoms with van der Waals surface area (Å²) in [5, 5.41) is 11.8. The molecule has 1 aliphatic heterocycles. The lowest BCUT2D eigenvalue weighted by Gasteiger charge is -2.16. The van der Waals surface area contributed by atoms with Crippen molar-refractivity contribution < 1.29 is 14.7 Å². The highest BCUT2D eigenvalue weighted by Gasteiger charge is 2.32. The molecule has 1 N–H and O–H groups in total. The SMILES string of the molecule is CC1(C)Oc2cc(Cl)c(C=NO)cc2O1. The van der Waals surface area contributed by atoms with Crippen molar-refractivity contribution in [3.05, 3.63) is 22.7 Å². The molecule has 0 radical (unpaired) electrons. The number of fused-ring (bicyclic) bond motifs is 1. The van der Waals surface area contributed by atoms with Crippen LogP contribution in [0.2, 0.25) is 5.02 Å². The van der Waals surface area contributed by atoms with Crippen LogP contribution in [-0.4, -0.2) is 17.2 Å². The van der Waals surface area contributed by atoms with E-state index in [0.717, 1.165) is 0 Å². The van der Waals surface area contributed by atoms with Crippen LogP contribution in [0.4, 0.5) is 0 Å². The molecule has 0 fully saturated rings. The lowest BCUT2D eigenvalue weighted by molar-refractivity contribution is -0.0431. The summed E-state index contributed by atoms with van der Waals surface area (Å²) in [5.74, 6) is 0.514. The Hall–Kier alpha value is -1.42. The molecule has 0 saturated carbocycles. The third kappa shape index (κ3) is 1.85. The second-order valence-electron chi connectivity index (χ2n) is 3.67. The zero-order valence-corrected chi connectivity index (χ0v) is 9.08. The fourth-order valence-electron chi connectivity index (χ4n) is 1.42. The summed E-state index contributed by atoms with van der Waals surface area (Å²) in [4.78, 5) is 0. The Bertz CT molecular complexity index is 429.